The molecule has 1 unspecified atom stereocenters. The lowest BCUT2D eigenvalue weighted by molar-refractivity contribution is -0.139. The molecule has 7 nitrogen and oxygen atoms in total. The number of amides is 2. The highest BCUT2D eigenvalue weighted by Crippen LogP contribution is 2.35. The summed E-state index contributed by atoms with van der Waals surface area (Å²) in [6.45, 7) is 6.43. The van der Waals surface area contributed by atoms with Gasteiger partial charge in [0.2, 0.25) is 0 Å². The standard InChI is InChI=1S/C19H26N2O5/c1-5-10-26-15-11-12(8-9-14(15)24-4)17-16(18(22)25-7-3)13(6-2)20-19(23)21-17/h8-9,11,17H,5-7,10H2,1-4H3,(H2,20,21,23). The van der Waals surface area contributed by atoms with Gasteiger partial charge in [-0.1, -0.05) is 19.9 Å². The van der Waals surface area contributed by atoms with E-state index in [4.69, 9.17) is 14.2 Å². The Kier molecular flexibility index (Phi) is 6.89. The fraction of sp³-hybridized carbons (Fsp3) is 0.474. The molecular formula is C19H26N2O5. The van der Waals surface area contributed by atoms with E-state index in [-0.39, 0.29) is 12.6 Å². The van der Waals surface area contributed by atoms with Crippen LogP contribution in [0, 0.1) is 0 Å². The first-order valence-electron chi connectivity index (χ1n) is 8.84. The van der Waals surface area contributed by atoms with Crippen molar-refractivity contribution in [3.63, 3.8) is 0 Å². The summed E-state index contributed by atoms with van der Waals surface area (Å²) in [5.74, 6) is 0.717. The maximum Gasteiger partial charge on any atom is 0.338 e. The highest BCUT2D eigenvalue weighted by atomic mass is 16.5. The Bertz CT molecular complexity index is 699. The third kappa shape index (κ3) is 4.28. The van der Waals surface area contributed by atoms with Crippen LogP contribution in [0.3, 0.4) is 0 Å². The molecule has 1 aromatic rings. The van der Waals surface area contributed by atoms with Gasteiger partial charge in [0, 0.05) is 5.70 Å². The number of allylic oxidation sites excluding steroid dienone is 1. The number of benzene rings is 1. The topological polar surface area (TPSA) is 85.9 Å². The van der Waals surface area contributed by atoms with Crippen LogP contribution in [-0.4, -0.2) is 32.3 Å². The van der Waals surface area contributed by atoms with Crippen LogP contribution >= 0.6 is 0 Å². The van der Waals surface area contributed by atoms with Gasteiger partial charge in [0.1, 0.15) is 0 Å². The summed E-state index contributed by atoms with van der Waals surface area (Å²) in [5.41, 5.74) is 1.69. The minimum atomic E-state index is -0.618. The average molecular weight is 362 g/mol. The maximum atomic E-state index is 12.5. The quantitative estimate of drug-likeness (QED) is 0.694. The van der Waals surface area contributed by atoms with E-state index in [1.54, 1.807) is 32.2 Å². The predicted molar refractivity (Wildman–Crippen MR) is 97.1 cm³/mol. The molecule has 1 atom stereocenters. The first-order chi connectivity index (χ1) is 12.5. The molecule has 7 heteroatoms. The number of hydrogen-bond acceptors (Lipinski definition) is 5. The maximum absolute atomic E-state index is 12.5. The molecular weight excluding hydrogens is 336 g/mol. The SMILES string of the molecule is CCCOc1cc(C2NC(=O)NC(CC)=C2C(=O)OCC)ccc1OC. The average Bonchev–Trinajstić information content (AvgIpc) is 2.65. The number of hydrogen-bond donors (Lipinski definition) is 2. The zero-order chi connectivity index (χ0) is 19.1. The van der Waals surface area contributed by atoms with Gasteiger partial charge in [0.05, 0.1) is 31.9 Å². The molecule has 2 rings (SSSR count). The van der Waals surface area contributed by atoms with E-state index in [1.807, 2.05) is 13.8 Å². The van der Waals surface area contributed by atoms with Crippen molar-refractivity contribution in [2.45, 2.75) is 39.7 Å². The van der Waals surface area contributed by atoms with Gasteiger partial charge in [-0.05, 0) is 37.5 Å². The molecule has 0 spiro atoms. The fourth-order valence-corrected chi connectivity index (χ4v) is 2.79. The molecule has 1 aliphatic heterocycles. The van der Waals surface area contributed by atoms with Crippen LogP contribution in [0.1, 0.15) is 45.2 Å². The molecule has 2 amide bonds. The summed E-state index contributed by atoms with van der Waals surface area (Å²) in [6, 6.07) is 4.39. The van der Waals surface area contributed by atoms with Crippen LogP contribution in [0.2, 0.25) is 0 Å². The van der Waals surface area contributed by atoms with Crippen LogP contribution in [0.25, 0.3) is 0 Å². The highest BCUT2D eigenvalue weighted by Gasteiger charge is 2.33. The summed E-state index contributed by atoms with van der Waals surface area (Å²) < 4.78 is 16.3. The molecule has 0 saturated heterocycles. The molecule has 1 aliphatic rings. The number of methoxy groups -OCH3 is 1. The Morgan fingerprint density at radius 2 is 1.96 bits per heavy atom. The smallest absolute Gasteiger partial charge is 0.338 e. The summed E-state index contributed by atoms with van der Waals surface area (Å²) in [5, 5.41) is 5.50. The van der Waals surface area contributed by atoms with Gasteiger partial charge in [-0.25, -0.2) is 9.59 Å². The van der Waals surface area contributed by atoms with E-state index < -0.39 is 12.0 Å². The minimum absolute atomic E-state index is 0.257. The summed E-state index contributed by atoms with van der Waals surface area (Å²) in [7, 11) is 1.57. The first kappa shape index (κ1) is 19.6. The molecule has 142 valence electrons. The zero-order valence-electron chi connectivity index (χ0n) is 15.7. The lowest BCUT2D eigenvalue weighted by atomic mass is 9.94. The first-order valence-corrected chi connectivity index (χ1v) is 8.84. The number of urea groups is 1. The Morgan fingerprint density at radius 1 is 1.19 bits per heavy atom. The van der Waals surface area contributed by atoms with Crippen molar-refractivity contribution in [3.8, 4) is 11.5 Å². The third-order valence-corrected chi connectivity index (χ3v) is 3.99. The summed E-state index contributed by atoms with van der Waals surface area (Å²) in [6.07, 6.45) is 1.36. The predicted octanol–water partition coefficient (Wildman–Crippen LogP) is 3.07. The van der Waals surface area contributed by atoms with Crippen molar-refractivity contribution in [1.82, 2.24) is 10.6 Å². The van der Waals surface area contributed by atoms with Gasteiger partial charge in [-0.3, -0.25) is 0 Å². The lowest BCUT2D eigenvalue weighted by Gasteiger charge is -2.29. The van der Waals surface area contributed by atoms with Crippen LogP contribution in [0.4, 0.5) is 4.79 Å². The Labute approximate surface area is 153 Å². The van der Waals surface area contributed by atoms with Crippen molar-refractivity contribution < 1.29 is 23.8 Å². The zero-order valence-corrected chi connectivity index (χ0v) is 15.7. The van der Waals surface area contributed by atoms with E-state index in [0.29, 0.717) is 35.8 Å². The van der Waals surface area contributed by atoms with Gasteiger partial charge in [0.25, 0.3) is 0 Å². The second-order valence-corrected chi connectivity index (χ2v) is 5.76. The Balaban J connectivity index is 2.48. The van der Waals surface area contributed by atoms with E-state index in [2.05, 4.69) is 10.6 Å². The van der Waals surface area contributed by atoms with Crippen molar-refractivity contribution in [1.29, 1.82) is 0 Å². The minimum Gasteiger partial charge on any atom is -0.493 e. The van der Waals surface area contributed by atoms with Crippen LogP contribution in [-0.2, 0) is 9.53 Å². The molecule has 0 radical (unpaired) electrons. The Hall–Kier alpha value is -2.70. The number of ether oxygens (including phenoxy) is 3. The highest BCUT2D eigenvalue weighted by molar-refractivity contribution is 5.95. The lowest BCUT2D eigenvalue weighted by Crippen LogP contribution is -2.45. The van der Waals surface area contributed by atoms with Gasteiger partial charge in [0.15, 0.2) is 11.5 Å². The molecule has 1 heterocycles. The largest absolute Gasteiger partial charge is 0.493 e. The van der Waals surface area contributed by atoms with Crippen molar-refractivity contribution in [2.24, 2.45) is 0 Å². The number of nitrogens with one attached hydrogen (secondary N) is 2. The normalized spacial score (nSPS) is 16.6. The van der Waals surface area contributed by atoms with E-state index in [0.717, 1.165) is 12.0 Å². The monoisotopic (exact) mass is 362 g/mol. The number of rotatable bonds is 8. The van der Waals surface area contributed by atoms with Gasteiger partial charge < -0.3 is 24.8 Å². The summed E-state index contributed by atoms with van der Waals surface area (Å²) >= 11 is 0. The number of carbonyl (C=O) groups is 2. The second kappa shape index (κ2) is 9.12. The third-order valence-electron chi connectivity index (χ3n) is 3.99. The van der Waals surface area contributed by atoms with Crippen molar-refractivity contribution >= 4 is 12.0 Å². The Morgan fingerprint density at radius 3 is 2.58 bits per heavy atom. The summed E-state index contributed by atoms with van der Waals surface area (Å²) in [4.78, 5) is 24.6. The van der Waals surface area contributed by atoms with Crippen molar-refractivity contribution in [2.75, 3.05) is 20.3 Å². The molecule has 0 aliphatic carbocycles. The molecule has 0 bridgehead atoms. The van der Waals surface area contributed by atoms with E-state index >= 15 is 0 Å². The second-order valence-electron chi connectivity index (χ2n) is 5.76. The number of esters is 1. The van der Waals surface area contributed by atoms with Gasteiger partial charge in [-0.15, -0.1) is 0 Å². The van der Waals surface area contributed by atoms with Gasteiger partial charge in [-0.2, -0.15) is 0 Å². The van der Waals surface area contributed by atoms with Crippen LogP contribution in [0.5, 0.6) is 11.5 Å². The molecule has 26 heavy (non-hydrogen) atoms. The molecule has 0 fully saturated rings. The molecule has 0 saturated carbocycles. The van der Waals surface area contributed by atoms with Crippen LogP contribution in [0.15, 0.2) is 29.5 Å². The van der Waals surface area contributed by atoms with E-state index in [1.165, 1.54) is 0 Å². The fourth-order valence-electron chi connectivity index (χ4n) is 2.79. The molecule has 2 N–H and O–H groups in total. The van der Waals surface area contributed by atoms with Crippen molar-refractivity contribution in [3.05, 3.63) is 35.0 Å². The van der Waals surface area contributed by atoms with Crippen LogP contribution < -0.4 is 20.1 Å². The number of carbonyl (C=O) groups excluding carboxylic acids is 2. The molecule has 1 aromatic carbocycles. The molecule has 0 aromatic heterocycles. The van der Waals surface area contributed by atoms with E-state index in [9.17, 15) is 9.59 Å². The van der Waals surface area contributed by atoms with Gasteiger partial charge >= 0.3 is 12.0 Å².